The van der Waals surface area contributed by atoms with Crippen LogP contribution in [0, 0.1) is 0 Å². The molecule has 3 rings (SSSR count). The van der Waals surface area contributed by atoms with Gasteiger partial charge in [-0.2, -0.15) is 0 Å². The molecule has 0 aliphatic rings. The van der Waals surface area contributed by atoms with Crippen molar-refractivity contribution in [2.24, 2.45) is 5.73 Å². The summed E-state index contributed by atoms with van der Waals surface area (Å²) in [6.45, 7) is 2.00. The maximum Gasteiger partial charge on any atom is 0.252 e. The minimum Gasteiger partial charge on any atom is -0.389 e. The molecule has 0 saturated carbocycles. The van der Waals surface area contributed by atoms with Gasteiger partial charge in [0.05, 0.1) is 6.10 Å². The molecule has 0 fully saturated rings. The van der Waals surface area contributed by atoms with E-state index in [1.165, 1.54) is 0 Å². The normalized spacial score (nSPS) is 12.6. The van der Waals surface area contributed by atoms with Gasteiger partial charge in [-0.1, -0.05) is 54.6 Å². The minimum atomic E-state index is -0.878. The van der Waals surface area contributed by atoms with Crippen LogP contribution in [0.5, 0.6) is 0 Å². The summed E-state index contributed by atoms with van der Waals surface area (Å²) in [4.78, 5) is 25.8. The van der Waals surface area contributed by atoms with E-state index in [2.05, 4.69) is 10.6 Å². The van der Waals surface area contributed by atoms with Crippen LogP contribution in [0.3, 0.4) is 0 Å². The van der Waals surface area contributed by atoms with Crippen molar-refractivity contribution in [1.82, 2.24) is 5.32 Å². The summed E-state index contributed by atoms with van der Waals surface area (Å²) in [6, 6.07) is 22.1. The third-order valence-corrected chi connectivity index (χ3v) is 4.76. The molecule has 2 atom stereocenters. The van der Waals surface area contributed by atoms with Crippen LogP contribution in [0.1, 0.15) is 46.1 Å². The Morgan fingerprint density at radius 3 is 2.27 bits per heavy atom. The van der Waals surface area contributed by atoms with E-state index in [1.54, 1.807) is 61.5 Å². The summed E-state index contributed by atoms with van der Waals surface area (Å²) in [5.74, 6) is -0.729. The van der Waals surface area contributed by atoms with Gasteiger partial charge in [-0.15, -0.1) is 0 Å². The number of nitrogens with one attached hydrogen (secondary N) is 2. The second kappa shape index (κ2) is 9.82. The second-order valence-electron chi connectivity index (χ2n) is 7.01. The zero-order valence-corrected chi connectivity index (χ0v) is 16.7. The summed E-state index contributed by atoms with van der Waals surface area (Å²) in [7, 11) is 0. The Morgan fingerprint density at radius 1 is 0.933 bits per heavy atom. The number of aliphatic hydroxyl groups is 1. The average molecular weight is 403 g/mol. The second-order valence-corrected chi connectivity index (χ2v) is 7.01. The number of hydrogen-bond donors (Lipinski definition) is 4. The highest BCUT2D eigenvalue weighted by Crippen LogP contribution is 2.19. The Bertz CT molecular complexity index is 1000. The van der Waals surface area contributed by atoms with Crippen molar-refractivity contribution in [2.75, 3.05) is 5.32 Å². The fourth-order valence-electron chi connectivity index (χ4n) is 3.06. The molecule has 0 spiro atoms. The summed E-state index contributed by atoms with van der Waals surface area (Å²) in [5.41, 5.74) is 8.93. The summed E-state index contributed by atoms with van der Waals surface area (Å²) >= 11 is 0. The molecule has 6 heteroatoms. The average Bonchev–Trinajstić information content (AvgIpc) is 2.78. The molecule has 1 unspecified atom stereocenters. The first-order valence-corrected chi connectivity index (χ1v) is 9.71. The van der Waals surface area contributed by atoms with Crippen molar-refractivity contribution in [2.45, 2.75) is 25.6 Å². The van der Waals surface area contributed by atoms with Gasteiger partial charge in [0.15, 0.2) is 0 Å². The number of hydrogen-bond acceptors (Lipinski definition) is 4. The number of aliphatic hydroxyl groups excluding tert-OH is 1. The Labute approximate surface area is 175 Å². The van der Waals surface area contributed by atoms with E-state index in [4.69, 9.17) is 5.73 Å². The molecule has 0 aliphatic heterocycles. The molecule has 0 saturated heterocycles. The number of amides is 2. The molecule has 5 N–H and O–H groups in total. The highest BCUT2D eigenvalue weighted by atomic mass is 16.3. The maximum atomic E-state index is 13.0. The van der Waals surface area contributed by atoms with Crippen molar-refractivity contribution in [3.8, 4) is 0 Å². The smallest absolute Gasteiger partial charge is 0.252 e. The Kier molecular flexibility index (Phi) is 6.95. The number of rotatable bonds is 7. The van der Waals surface area contributed by atoms with E-state index >= 15 is 0 Å². The van der Waals surface area contributed by atoms with Gasteiger partial charge >= 0.3 is 0 Å². The molecule has 0 heterocycles. The number of carbonyl (C=O) groups is 2. The molecule has 6 nitrogen and oxygen atoms in total. The van der Waals surface area contributed by atoms with Crippen molar-refractivity contribution < 1.29 is 14.7 Å². The van der Waals surface area contributed by atoms with E-state index in [-0.39, 0.29) is 11.8 Å². The first-order valence-electron chi connectivity index (χ1n) is 9.71. The molecular formula is C24H25N3O3. The predicted molar refractivity (Wildman–Crippen MR) is 117 cm³/mol. The fraction of sp³-hybridized carbons (Fsp3) is 0.167. The van der Waals surface area contributed by atoms with Crippen LogP contribution in [0.15, 0.2) is 78.9 Å². The van der Waals surface area contributed by atoms with Gasteiger partial charge in [-0.05, 0) is 47.9 Å². The molecule has 2 amide bonds. The predicted octanol–water partition coefficient (Wildman–Crippen LogP) is 3.31. The van der Waals surface area contributed by atoms with E-state index in [1.807, 2.05) is 24.3 Å². The molecule has 3 aromatic carbocycles. The standard InChI is InChI=1S/C24H25N3O3/c1-16(28)18-10-12-21(13-11-18)26-24(30)22(19-7-3-2-4-8-19)27-23(29)20-9-5-6-17(14-20)15-25/h2-14,16,22,28H,15,25H2,1H3,(H,26,30)(H,27,29)/t16?,22-/m1/s1. The minimum absolute atomic E-state index is 0.326. The van der Waals surface area contributed by atoms with Crippen LogP contribution in [0.2, 0.25) is 0 Å². The highest BCUT2D eigenvalue weighted by molar-refractivity contribution is 6.01. The SMILES string of the molecule is CC(O)c1ccc(NC(=O)[C@H](NC(=O)c2cccc(CN)c2)c2ccccc2)cc1. The third kappa shape index (κ3) is 5.31. The largest absolute Gasteiger partial charge is 0.389 e. The Morgan fingerprint density at radius 2 is 1.63 bits per heavy atom. The van der Waals surface area contributed by atoms with E-state index in [9.17, 15) is 14.7 Å². The lowest BCUT2D eigenvalue weighted by molar-refractivity contribution is -0.118. The first-order chi connectivity index (χ1) is 14.5. The van der Waals surface area contributed by atoms with Crippen molar-refractivity contribution in [3.63, 3.8) is 0 Å². The van der Waals surface area contributed by atoms with Crippen LogP contribution in [0.4, 0.5) is 5.69 Å². The molecule has 30 heavy (non-hydrogen) atoms. The zero-order valence-electron chi connectivity index (χ0n) is 16.7. The third-order valence-electron chi connectivity index (χ3n) is 4.76. The number of anilines is 1. The molecule has 154 valence electrons. The van der Waals surface area contributed by atoms with Crippen molar-refractivity contribution in [1.29, 1.82) is 0 Å². The summed E-state index contributed by atoms with van der Waals surface area (Å²) in [6.07, 6.45) is -0.588. The van der Waals surface area contributed by atoms with Crippen molar-refractivity contribution >= 4 is 17.5 Å². The topological polar surface area (TPSA) is 104 Å². The van der Waals surface area contributed by atoms with Gasteiger partial charge in [0.25, 0.3) is 11.8 Å². The molecule has 0 aromatic heterocycles. The monoisotopic (exact) mass is 403 g/mol. The van der Waals surface area contributed by atoms with E-state index in [0.717, 1.165) is 11.1 Å². The first kappa shape index (κ1) is 21.2. The lowest BCUT2D eigenvalue weighted by atomic mass is 10.0. The lowest BCUT2D eigenvalue weighted by Gasteiger charge is -2.19. The molecular weight excluding hydrogens is 378 g/mol. The van der Waals surface area contributed by atoms with Crippen LogP contribution in [0.25, 0.3) is 0 Å². The van der Waals surface area contributed by atoms with Crippen LogP contribution in [-0.4, -0.2) is 16.9 Å². The van der Waals surface area contributed by atoms with Crippen LogP contribution < -0.4 is 16.4 Å². The molecule has 3 aromatic rings. The van der Waals surface area contributed by atoms with Crippen molar-refractivity contribution in [3.05, 3.63) is 101 Å². The number of benzene rings is 3. The summed E-state index contributed by atoms with van der Waals surface area (Å²) < 4.78 is 0. The van der Waals surface area contributed by atoms with Gasteiger partial charge in [-0.25, -0.2) is 0 Å². The van der Waals surface area contributed by atoms with E-state index < -0.39 is 12.1 Å². The summed E-state index contributed by atoms with van der Waals surface area (Å²) in [5, 5.41) is 15.3. The van der Waals surface area contributed by atoms with Gasteiger partial charge in [0, 0.05) is 17.8 Å². The quantitative estimate of drug-likeness (QED) is 0.486. The van der Waals surface area contributed by atoms with Gasteiger partial charge < -0.3 is 21.5 Å². The number of carbonyl (C=O) groups excluding carboxylic acids is 2. The van der Waals surface area contributed by atoms with Crippen LogP contribution >= 0.6 is 0 Å². The van der Waals surface area contributed by atoms with Gasteiger partial charge in [0.1, 0.15) is 6.04 Å². The van der Waals surface area contributed by atoms with E-state index in [0.29, 0.717) is 23.4 Å². The Hall–Kier alpha value is -3.48. The molecule has 0 aliphatic carbocycles. The Balaban J connectivity index is 1.81. The number of nitrogens with two attached hydrogens (primary N) is 1. The lowest BCUT2D eigenvalue weighted by Crippen LogP contribution is -2.37. The molecule has 0 radical (unpaired) electrons. The highest BCUT2D eigenvalue weighted by Gasteiger charge is 2.23. The zero-order chi connectivity index (χ0) is 21.5. The maximum absolute atomic E-state index is 13.0. The van der Waals surface area contributed by atoms with Gasteiger partial charge in [-0.3, -0.25) is 9.59 Å². The van der Waals surface area contributed by atoms with Crippen LogP contribution in [-0.2, 0) is 11.3 Å². The van der Waals surface area contributed by atoms with Gasteiger partial charge in [0.2, 0.25) is 0 Å². The fourth-order valence-corrected chi connectivity index (χ4v) is 3.06. The molecule has 0 bridgehead atoms.